The van der Waals surface area contributed by atoms with Gasteiger partial charge in [0.05, 0.1) is 34.3 Å². The van der Waals surface area contributed by atoms with Crippen molar-refractivity contribution in [1.82, 2.24) is 49.4 Å². The van der Waals surface area contributed by atoms with Gasteiger partial charge < -0.3 is 20.9 Å². The zero-order chi connectivity index (χ0) is 37.7. The summed E-state index contributed by atoms with van der Waals surface area (Å²) in [5.74, 6) is 0.731. The first-order chi connectivity index (χ1) is 23.4. The van der Waals surface area contributed by atoms with Crippen LogP contribution in [0.2, 0.25) is 26.3 Å². The van der Waals surface area contributed by atoms with Crippen LogP contribution in [0, 0.1) is 20.2 Å². The van der Waals surface area contributed by atoms with Gasteiger partial charge in [-0.05, 0) is 87.9 Å². The van der Waals surface area contributed by atoms with E-state index in [2.05, 4.69) is 69.3 Å². The molecule has 0 aliphatic carbocycles. The number of imidazole rings is 1. The normalized spacial score (nSPS) is 10.4. The van der Waals surface area contributed by atoms with E-state index in [1.54, 1.807) is 12.5 Å². The summed E-state index contributed by atoms with van der Waals surface area (Å²) in [6.45, 7) is 11.8. The van der Waals surface area contributed by atoms with Crippen molar-refractivity contribution in [1.29, 1.82) is 0 Å². The van der Waals surface area contributed by atoms with E-state index in [-0.39, 0.29) is 55.6 Å². The van der Waals surface area contributed by atoms with Gasteiger partial charge in [-0.2, -0.15) is 19.9 Å². The first kappa shape index (κ1) is 41.6. The fraction of sp³-hybridized carbons (Fsp3) is 0.346. The molecule has 0 fully saturated rings. The summed E-state index contributed by atoms with van der Waals surface area (Å²) in [6.07, 6.45) is 6.90. The smallest absolute Gasteiger partial charge is 0.329 e. The molecule has 0 saturated heterocycles. The van der Waals surface area contributed by atoms with Gasteiger partial charge in [0.2, 0.25) is 32.1 Å². The molecule has 19 nitrogen and oxygen atoms in total. The van der Waals surface area contributed by atoms with E-state index in [4.69, 9.17) is 63.7 Å². The van der Waals surface area contributed by atoms with Crippen LogP contribution in [-0.4, -0.2) is 71.4 Å². The molecule has 0 aromatic carbocycles. The lowest BCUT2D eigenvalue weighted by atomic mass is 10.4. The van der Waals surface area contributed by atoms with Gasteiger partial charge in [0.15, 0.2) is 11.5 Å². The van der Waals surface area contributed by atoms with E-state index < -0.39 is 9.85 Å². The van der Waals surface area contributed by atoms with Crippen LogP contribution in [0.3, 0.4) is 0 Å². The molecule has 0 amide bonds. The fourth-order valence-electron chi connectivity index (χ4n) is 3.27. The van der Waals surface area contributed by atoms with Crippen molar-refractivity contribution in [2.75, 3.05) is 16.4 Å². The van der Waals surface area contributed by atoms with Crippen molar-refractivity contribution >= 4 is 97.9 Å². The molecule has 268 valence electrons. The second kappa shape index (κ2) is 19.6. The van der Waals surface area contributed by atoms with Gasteiger partial charge in [-0.25, -0.2) is 24.9 Å². The van der Waals surface area contributed by atoms with Crippen molar-refractivity contribution in [3.8, 4) is 0 Å². The van der Waals surface area contributed by atoms with Crippen molar-refractivity contribution < 1.29 is 9.85 Å². The van der Waals surface area contributed by atoms with Crippen LogP contribution >= 0.6 is 58.0 Å². The van der Waals surface area contributed by atoms with Gasteiger partial charge in [0.1, 0.15) is 17.9 Å². The Hall–Kier alpha value is -4.56. The number of nitrogen functional groups attached to an aromatic ring is 1. The van der Waals surface area contributed by atoms with E-state index in [1.165, 1.54) is 6.20 Å². The summed E-state index contributed by atoms with van der Waals surface area (Å²) >= 11 is 27.4. The Kier molecular flexibility index (Phi) is 16.3. The number of rotatable bonds is 7. The maximum absolute atomic E-state index is 10.6. The van der Waals surface area contributed by atoms with Crippen LogP contribution in [0.4, 0.5) is 28.7 Å². The molecule has 0 bridgehead atoms. The number of hydrogen-bond acceptors (Lipinski definition) is 16. The summed E-state index contributed by atoms with van der Waals surface area (Å²) in [5.41, 5.74) is 7.13. The molecular formula is C26H30Cl5N15O4. The first-order valence-electron chi connectivity index (χ1n) is 14.0. The van der Waals surface area contributed by atoms with E-state index in [0.717, 1.165) is 23.6 Å². The third kappa shape index (κ3) is 13.4. The molecule has 5 aromatic rings. The summed E-state index contributed by atoms with van der Waals surface area (Å²) in [6, 6.07) is 0.647. The van der Waals surface area contributed by atoms with Crippen LogP contribution < -0.4 is 16.4 Å². The standard InChI is InChI=1S/C8H9ClN4.C7H9ClN4O2.C7H11ClN4.C4HCl2N3O2/c1-5(2)13-4-11-6-3-10-8(9)12-7(6)13;1-4(2)10-6-5(12(13)14)3-9-7(8)11-6;1-4(2)11-6-5(9)3-10-7(8)12-6;5-3-2(9(10)11)1-7-4(6)8-3/h3-5H,1-2H3;3-4H,1-2H3,(H,9,10,11);3-4H,9H2,1-2H3,(H,10,11,12);1H. The number of nitro groups is 2. The first-order valence-corrected chi connectivity index (χ1v) is 15.9. The predicted molar refractivity (Wildman–Crippen MR) is 192 cm³/mol. The highest BCUT2D eigenvalue weighted by atomic mass is 35.5. The Balaban J connectivity index is 0.000000232. The third-order valence-corrected chi connectivity index (χ3v) is 6.32. The summed E-state index contributed by atoms with van der Waals surface area (Å²) in [5, 5.41) is 26.6. The number of nitrogens with one attached hydrogen (secondary N) is 2. The third-order valence-electron chi connectivity index (χ3n) is 5.31. The van der Waals surface area contributed by atoms with E-state index in [9.17, 15) is 20.2 Å². The van der Waals surface area contributed by atoms with Gasteiger partial charge in [-0.15, -0.1) is 0 Å². The molecule has 0 radical (unpaired) electrons. The molecule has 0 saturated carbocycles. The molecule has 5 aromatic heterocycles. The van der Waals surface area contributed by atoms with Gasteiger partial charge >= 0.3 is 11.4 Å². The topological polar surface area (TPSA) is 257 Å². The molecule has 0 atom stereocenters. The van der Waals surface area contributed by atoms with Gasteiger partial charge in [-0.1, -0.05) is 11.6 Å². The number of aromatic nitrogens is 10. The second-order valence-electron chi connectivity index (χ2n) is 10.3. The van der Waals surface area contributed by atoms with Crippen molar-refractivity contribution in [2.45, 2.75) is 59.7 Å². The summed E-state index contributed by atoms with van der Waals surface area (Å²) in [4.78, 5) is 53.3. The number of hydrogen-bond donors (Lipinski definition) is 3. The highest BCUT2D eigenvalue weighted by Crippen LogP contribution is 2.23. The minimum absolute atomic E-state index is 0.0150. The lowest BCUT2D eigenvalue weighted by Gasteiger charge is -2.10. The summed E-state index contributed by atoms with van der Waals surface area (Å²) in [7, 11) is 0. The Morgan fingerprint density at radius 3 is 1.64 bits per heavy atom. The molecule has 24 heteroatoms. The SMILES string of the molecule is CC(C)Nc1nc(Cl)ncc1N.CC(C)Nc1nc(Cl)ncc1[N+](=O)[O-].CC(C)n1cnc2cnc(Cl)nc21.O=[N+]([O-])c1cnc(Cl)nc1Cl. The van der Waals surface area contributed by atoms with Crippen LogP contribution in [0.5, 0.6) is 0 Å². The largest absolute Gasteiger partial charge is 0.394 e. The fourth-order valence-corrected chi connectivity index (χ4v) is 4.04. The molecule has 0 aliphatic heterocycles. The predicted octanol–water partition coefficient (Wildman–Crippen LogP) is 7.14. The molecule has 4 N–H and O–H groups in total. The second-order valence-corrected chi connectivity index (χ2v) is 12.0. The Morgan fingerprint density at radius 1 is 0.660 bits per heavy atom. The Bertz CT molecular complexity index is 1910. The molecule has 0 spiro atoms. The zero-order valence-electron chi connectivity index (χ0n) is 27.1. The lowest BCUT2D eigenvalue weighted by molar-refractivity contribution is -0.385. The van der Waals surface area contributed by atoms with Gasteiger partial charge in [0.25, 0.3) is 0 Å². The molecular weight excluding hydrogens is 764 g/mol. The quantitative estimate of drug-likeness (QED) is 0.0640. The number of anilines is 3. The molecule has 5 heterocycles. The Labute approximate surface area is 309 Å². The average molecular weight is 794 g/mol. The van der Waals surface area contributed by atoms with Crippen LogP contribution in [-0.2, 0) is 0 Å². The zero-order valence-corrected chi connectivity index (χ0v) is 30.9. The molecule has 50 heavy (non-hydrogen) atoms. The minimum atomic E-state index is -0.682. The van der Waals surface area contributed by atoms with E-state index >= 15 is 0 Å². The molecule has 0 unspecified atom stereocenters. The van der Waals surface area contributed by atoms with Crippen molar-refractivity contribution in [3.63, 3.8) is 0 Å². The molecule has 5 rings (SSSR count). The highest BCUT2D eigenvalue weighted by Gasteiger charge is 2.17. The number of nitrogens with two attached hydrogens (primary N) is 1. The average Bonchev–Trinajstić information content (AvgIpc) is 3.43. The summed E-state index contributed by atoms with van der Waals surface area (Å²) < 4.78 is 1.96. The van der Waals surface area contributed by atoms with E-state index in [0.29, 0.717) is 17.5 Å². The van der Waals surface area contributed by atoms with E-state index in [1.807, 2.05) is 32.3 Å². The molecule has 0 aliphatic rings. The highest BCUT2D eigenvalue weighted by molar-refractivity contribution is 6.33. The van der Waals surface area contributed by atoms with Gasteiger partial charge in [-0.3, -0.25) is 20.2 Å². The Morgan fingerprint density at radius 2 is 1.12 bits per heavy atom. The van der Waals surface area contributed by atoms with Crippen LogP contribution in [0.1, 0.15) is 47.6 Å². The van der Waals surface area contributed by atoms with Crippen LogP contribution in [0.25, 0.3) is 11.2 Å². The van der Waals surface area contributed by atoms with Crippen molar-refractivity contribution in [3.05, 3.63) is 77.6 Å². The number of halogens is 5. The monoisotopic (exact) mass is 791 g/mol. The number of nitrogens with zero attached hydrogens (tertiary/aromatic N) is 12. The lowest BCUT2D eigenvalue weighted by Crippen LogP contribution is -2.13. The number of fused-ring (bicyclic) bond motifs is 1. The van der Waals surface area contributed by atoms with Crippen molar-refractivity contribution in [2.24, 2.45) is 0 Å². The maximum atomic E-state index is 10.6. The minimum Gasteiger partial charge on any atom is -0.394 e. The maximum Gasteiger partial charge on any atom is 0.329 e. The van der Waals surface area contributed by atoms with Gasteiger partial charge in [0, 0.05) is 18.1 Å². The van der Waals surface area contributed by atoms with Crippen LogP contribution in [0.15, 0.2) is 31.1 Å².